The van der Waals surface area contributed by atoms with Gasteiger partial charge in [-0.15, -0.1) is 0 Å². The predicted octanol–water partition coefficient (Wildman–Crippen LogP) is 4.86. The van der Waals surface area contributed by atoms with Crippen molar-refractivity contribution in [2.24, 2.45) is 5.41 Å². The maximum Gasteiger partial charge on any atom is 0.309 e. The zero-order valence-electron chi connectivity index (χ0n) is 20.7. The quantitative estimate of drug-likeness (QED) is 0.283. The number of piperidine rings is 1. The molecule has 3 aromatic rings. The number of benzene rings is 2. The Balaban J connectivity index is 1.37. The third-order valence-electron chi connectivity index (χ3n) is 7.19. The molecule has 0 saturated carbocycles. The minimum Gasteiger partial charge on any atom is -0.497 e. The van der Waals surface area contributed by atoms with Crippen LogP contribution in [-0.4, -0.2) is 59.4 Å². The second-order valence-corrected chi connectivity index (χ2v) is 9.43. The van der Waals surface area contributed by atoms with Crippen LogP contribution in [0.25, 0.3) is 10.9 Å². The first-order chi connectivity index (χ1) is 18.1. The molecule has 0 spiro atoms. The van der Waals surface area contributed by atoms with Gasteiger partial charge in [0.1, 0.15) is 24.0 Å². The Bertz CT molecular complexity index is 1310. The minimum absolute atomic E-state index is 0.0209. The van der Waals surface area contributed by atoms with Gasteiger partial charge < -0.3 is 19.7 Å². The number of methoxy groups -OCH3 is 1. The molecular formula is C27H28F4N2O5. The smallest absolute Gasteiger partial charge is 0.309 e. The number of aliphatic hydroxyl groups is 1. The lowest BCUT2D eigenvalue weighted by molar-refractivity contribution is -0.153. The zero-order chi connectivity index (χ0) is 27.4. The first-order valence-corrected chi connectivity index (χ1v) is 12.2. The molecule has 1 atom stereocenters. The molecule has 11 heteroatoms. The number of hydrogen-bond acceptors (Lipinski definition) is 6. The number of aliphatic carboxylic acids is 1. The summed E-state index contributed by atoms with van der Waals surface area (Å²) >= 11 is 0. The van der Waals surface area contributed by atoms with E-state index in [0.29, 0.717) is 42.4 Å². The topological polar surface area (TPSA) is 92.1 Å². The molecule has 4 rings (SSSR count). The fourth-order valence-corrected chi connectivity index (χ4v) is 4.89. The van der Waals surface area contributed by atoms with E-state index in [-0.39, 0.29) is 37.9 Å². The van der Waals surface area contributed by atoms with E-state index in [4.69, 9.17) is 9.47 Å². The number of nitrogens with zero attached hydrogens (tertiary/aromatic N) is 2. The van der Waals surface area contributed by atoms with Crippen LogP contribution in [0.4, 0.5) is 17.6 Å². The van der Waals surface area contributed by atoms with Crippen LogP contribution in [0.5, 0.6) is 11.5 Å². The van der Waals surface area contributed by atoms with Crippen LogP contribution in [-0.2, 0) is 4.79 Å². The number of hydrogen-bond donors (Lipinski definition) is 2. The minimum atomic E-state index is -1.34. The van der Waals surface area contributed by atoms with Gasteiger partial charge in [0, 0.05) is 29.6 Å². The van der Waals surface area contributed by atoms with Crippen LogP contribution >= 0.6 is 0 Å². The summed E-state index contributed by atoms with van der Waals surface area (Å²) in [5.74, 6) is -5.31. The van der Waals surface area contributed by atoms with Gasteiger partial charge in [0.15, 0.2) is 11.6 Å². The molecule has 2 aromatic carbocycles. The Morgan fingerprint density at radius 1 is 1.13 bits per heavy atom. The van der Waals surface area contributed by atoms with E-state index >= 15 is 0 Å². The number of carbonyl (C=O) groups is 1. The largest absolute Gasteiger partial charge is 0.497 e. The van der Waals surface area contributed by atoms with Crippen molar-refractivity contribution in [2.75, 3.05) is 33.4 Å². The van der Waals surface area contributed by atoms with Gasteiger partial charge in [-0.05, 0) is 57.0 Å². The van der Waals surface area contributed by atoms with Crippen LogP contribution in [0.15, 0.2) is 36.5 Å². The highest BCUT2D eigenvalue weighted by molar-refractivity contribution is 5.84. The van der Waals surface area contributed by atoms with Crippen LogP contribution < -0.4 is 9.47 Å². The van der Waals surface area contributed by atoms with Gasteiger partial charge in [0.2, 0.25) is 5.82 Å². The Morgan fingerprint density at radius 2 is 1.87 bits per heavy atom. The molecule has 1 aliphatic heterocycles. The lowest BCUT2D eigenvalue weighted by Gasteiger charge is -2.39. The molecule has 0 aliphatic carbocycles. The van der Waals surface area contributed by atoms with Gasteiger partial charge in [0.05, 0.1) is 30.3 Å². The summed E-state index contributed by atoms with van der Waals surface area (Å²) in [6, 6.07) is 6.11. The average molecular weight is 537 g/mol. The highest BCUT2D eigenvalue weighted by Crippen LogP contribution is 2.40. The Labute approximate surface area is 216 Å². The second-order valence-electron chi connectivity index (χ2n) is 9.43. The lowest BCUT2D eigenvalue weighted by Crippen LogP contribution is -2.45. The molecule has 38 heavy (non-hydrogen) atoms. The molecular weight excluding hydrogens is 508 g/mol. The standard InChI is InChI=1S/C27H28F4N2O5/c1-37-17-2-3-21-18(14-17)24(20(30)15-32-21)22(34)4-5-27(26(35)36)6-8-33(9-7-27)10-11-38-23-13-16(28)12-19(29)25(23)31/h2-3,12-15,22,34H,4-11H2,1H3,(H,35,36)/t22-/m0/s1. The summed E-state index contributed by atoms with van der Waals surface area (Å²) in [6.45, 7) is 1.02. The summed E-state index contributed by atoms with van der Waals surface area (Å²) in [7, 11) is 1.47. The van der Waals surface area contributed by atoms with E-state index in [0.717, 1.165) is 12.3 Å². The lowest BCUT2D eigenvalue weighted by atomic mass is 9.74. The molecule has 0 unspecified atom stereocenters. The number of aliphatic hydroxyl groups excluding tert-OH is 1. The van der Waals surface area contributed by atoms with E-state index in [9.17, 15) is 32.6 Å². The van der Waals surface area contributed by atoms with Gasteiger partial charge >= 0.3 is 5.97 Å². The van der Waals surface area contributed by atoms with Crippen LogP contribution in [0.2, 0.25) is 0 Å². The number of rotatable bonds is 10. The van der Waals surface area contributed by atoms with Gasteiger partial charge in [-0.2, -0.15) is 4.39 Å². The van der Waals surface area contributed by atoms with Crippen molar-refractivity contribution in [1.29, 1.82) is 0 Å². The van der Waals surface area contributed by atoms with Crippen LogP contribution in [0.1, 0.15) is 37.4 Å². The summed E-state index contributed by atoms with van der Waals surface area (Å²) in [6.07, 6.45) is 0.459. The molecule has 0 bridgehead atoms. The Hall–Kier alpha value is -3.44. The first kappa shape index (κ1) is 27.6. The van der Waals surface area contributed by atoms with Crippen LogP contribution in [0, 0.1) is 28.7 Å². The molecule has 1 aliphatic rings. The van der Waals surface area contributed by atoms with E-state index < -0.39 is 46.5 Å². The first-order valence-electron chi connectivity index (χ1n) is 12.2. The Kier molecular flexibility index (Phi) is 8.37. The van der Waals surface area contributed by atoms with Gasteiger partial charge in [0.25, 0.3) is 0 Å². The number of pyridine rings is 1. The average Bonchev–Trinajstić information content (AvgIpc) is 2.90. The molecule has 204 valence electrons. The molecule has 7 nitrogen and oxygen atoms in total. The molecule has 0 amide bonds. The SMILES string of the molecule is COc1ccc2ncc(F)c([C@@H](O)CCC3(C(=O)O)CCN(CCOc4cc(F)cc(F)c4F)CC3)c2c1. The summed E-state index contributed by atoms with van der Waals surface area (Å²) in [5, 5.41) is 21.3. The number of halogens is 4. The van der Waals surface area contributed by atoms with Crippen molar-refractivity contribution in [2.45, 2.75) is 31.8 Å². The number of carboxylic acids is 1. The maximum absolute atomic E-state index is 14.7. The highest BCUT2D eigenvalue weighted by atomic mass is 19.2. The van der Waals surface area contributed by atoms with Crippen molar-refractivity contribution in [1.82, 2.24) is 9.88 Å². The third-order valence-corrected chi connectivity index (χ3v) is 7.19. The third kappa shape index (κ3) is 5.83. The summed E-state index contributed by atoms with van der Waals surface area (Å²) in [4.78, 5) is 18.2. The second kappa shape index (κ2) is 11.5. The van der Waals surface area contributed by atoms with E-state index in [1.165, 1.54) is 7.11 Å². The monoisotopic (exact) mass is 536 g/mol. The molecule has 1 saturated heterocycles. The van der Waals surface area contributed by atoms with Gasteiger partial charge in [-0.25, -0.2) is 13.2 Å². The number of ether oxygens (including phenoxy) is 2. The van der Waals surface area contributed by atoms with Crippen molar-refractivity contribution < 1.29 is 42.0 Å². The van der Waals surface area contributed by atoms with Crippen molar-refractivity contribution in [3.8, 4) is 11.5 Å². The fraction of sp³-hybridized carbons (Fsp3) is 0.407. The normalized spacial score (nSPS) is 16.4. The van der Waals surface area contributed by atoms with E-state index in [1.54, 1.807) is 18.2 Å². The molecule has 1 fully saturated rings. The maximum atomic E-state index is 14.7. The molecule has 2 heterocycles. The number of fused-ring (bicyclic) bond motifs is 1. The molecule has 2 N–H and O–H groups in total. The van der Waals surface area contributed by atoms with Crippen molar-refractivity contribution in [3.63, 3.8) is 0 Å². The number of aromatic nitrogens is 1. The molecule has 1 aromatic heterocycles. The van der Waals surface area contributed by atoms with Gasteiger partial charge in [-0.3, -0.25) is 14.7 Å². The van der Waals surface area contributed by atoms with Crippen molar-refractivity contribution in [3.05, 3.63) is 65.4 Å². The Morgan fingerprint density at radius 3 is 2.55 bits per heavy atom. The number of likely N-dealkylation sites (tertiary alicyclic amines) is 1. The highest BCUT2D eigenvalue weighted by Gasteiger charge is 2.41. The number of carboxylic acid groups (broad SMARTS) is 1. The fourth-order valence-electron chi connectivity index (χ4n) is 4.89. The molecule has 0 radical (unpaired) electrons. The van der Waals surface area contributed by atoms with Crippen molar-refractivity contribution >= 4 is 16.9 Å². The van der Waals surface area contributed by atoms with Gasteiger partial charge in [-0.1, -0.05) is 0 Å². The van der Waals surface area contributed by atoms with E-state index in [1.807, 2.05) is 4.90 Å². The van der Waals surface area contributed by atoms with E-state index in [2.05, 4.69) is 4.98 Å². The summed E-state index contributed by atoms with van der Waals surface area (Å²) in [5.41, 5.74) is -0.594. The summed E-state index contributed by atoms with van der Waals surface area (Å²) < 4.78 is 65.6. The predicted molar refractivity (Wildman–Crippen MR) is 130 cm³/mol. The van der Waals surface area contributed by atoms with Crippen LogP contribution in [0.3, 0.4) is 0 Å². The zero-order valence-corrected chi connectivity index (χ0v) is 20.7.